The molecule has 1 aromatic heterocycles. The molecule has 0 aliphatic heterocycles. The summed E-state index contributed by atoms with van der Waals surface area (Å²) in [6.07, 6.45) is -1.95. The molecule has 0 bridgehead atoms. The average Bonchev–Trinajstić information content (AvgIpc) is 2.87. The summed E-state index contributed by atoms with van der Waals surface area (Å²) < 4.78 is 44.5. The Morgan fingerprint density at radius 3 is 2.51 bits per heavy atom. The van der Waals surface area contributed by atoms with Gasteiger partial charge in [-0.2, -0.15) is 13.2 Å². The Hall–Kier alpha value is -4.47. The first-order chi connectivity index (χ1) is 17.6. The fourth-order valence-corrected chi connectivity index (χ4v) is 3.31. The van der Waals surface area contributed by atoms with Crippen LogP contribution in [0.1, 0.15) is 25.3 Å². The Kier molecular flexibility index (Phi) is 8.78. The van der Waals surface area contributed by atoms with Gasteiger partial charge in [0.05, 0.1) is 29.8 Å². The topological polar surface area (TPSA) is 112 Å². The number of rotatable bonds is 10. The van der Waals surface area contributed by atoms with Crippen LogP contribution < -0.4 is 4.74 Å². The summed E-state index contributed by atoms with van der Waals surface area (Å²) in [5.41, 5.74) is 0.614. The van der Waals surface area contributed by atoms with Crippen molar-refractivity contribution in [2.75, 3.05) is 7.11 Å². The Morgan fingerprint density at radius 1 is 1.08 bits per heavy atom. The van der Waals surface area contributed by atoms with Gasteiger partial charge in [-0.25, -0.2) is 0 Å². The molecule has 0 aliphatic carbocycles. The Labute approximate surface area is 211 Å². The number of carbonyl (C=O) groups is 1. The van der Waals surface area contributed by atoms with Gasteiger partial charge in [-0.3, -0.25) is 25.2 Å². The van der Waals surface area contributed by atoms with E-state index in [1.165, 1.54) is 32.4 Å². The van der Waals surface area contributed by atoms with E-state index < -0.39 is 23.2 Å². The van der Waals surface area contributed by atoms with Crippen LogP contribution in [-0.2, 0) is 11.0 Å². The zero-order valence-corrected chi connectivity index (χ0v) is 20.1. The third-order valence-electron chi connectivity index (χ3n) is 5.09. The van der Waals surface area contributed by atoms with E-state index in [0.29, 0.717) is 11.4 Å². The summed E-state index contributed by atoms with van der Waals surface area (Å²) in [6, 6.07) is 15.1. The third-order valence-corrected chi connectivity index (χ3v) is 5.09. The molecule has 2 aromatic carbocycles. The first-order valence-corrected chi connectivity index (χ1v) is 11.1. The van der Waals surface area contributed by atoms with E-state index in [4.69, 9.17) is 15.6 Å². The molecule has 0 amide bonds. The van der Waals surface area contributed by atoms with Gasteiger partial charge < -0.3 is 10.1 Å². The normalized spacial score (nSPS) is 12.0. The first-order valence-electron chi connectivity index (χ1n) is 11.1. The number of halogens is 3. The summed E-state index contributed by atoms with van der Waals surface area (Å²) in [5, 5.41) is 16.0. The molecule has 0 fully saturated rings. The van der Waals surface area contributed by atoms with Gasteiger partial charge in [0.25, 0.3) is 0 Å². The Bertz CT molecular complexity index is 1370. The molecule has 2 N–H and O–H groups in total. The van der Waals surface area contributed by atoms with E-state index in [1.807, 2.05) is 24.3 Å². The van der Waals surface area contributed by atoms with Crippen molar-refractivity contribution in [1.82, 2.24) is 4.98 Å². The van der Waals surface area contributed by atoms with E-state index >= 15 is 0 Å². The lowest BCUT2D eigenvalue weighted by atomic mass is 10.0. The van der Waals surface area contributed by atoms with Crippen LogP contribution in [0.25, 0.3) is 11.3 Å². The van der Waals surface area contributed by atoms with Crippen molar-refractivity contribution in [3.05, 3.63) is 72.4 Å². The van der Waals surface area contributed by atoms with Gasteiger partial charge in [-0.05, 0) is 49.4 Å². The van der Waals surface area contributed by atoms with Crippen LogP contribution in [0.5, 0.6) is 5.75 Å². The summed E-state index contributed by atoms with van der Waals surface area (Å²) in [4.78, 5) is 25.3. The lowest BCUT2D eigenvalue weighted by Gasteiger charge is -2.09. The van der Waals surface area contributed by atoms with Gasteiger partial charge in [0.1, 0.15) is 17.1 Å². The predicted octanol–water partition coefficient (Wildman–Crippen LogP) is 6.66. The number of pyridine rings is 1. The van der Waals surface area contributed by atoms with E-state index in [2.05, 4.69) is 15.0 Å². The van der Waals surface area contributed by atoms with Crippen molar-refractivity contribution in [2.24, 2.45) is 9.98 Å². The number of Topliss-reactive ketones (excluding diaryl/α,β-unsaturated/α-hetero) is 1. The van der Waals surface area contributed by atoms with Crippen molar-refractivity contribution >= 4 is 40.5 Å². The second kappa shape index (κ2) is 12.0. The molecule has 190 valence electrons. The Balaban J connectivity index is 1.77. The molecular weight excluding hydrogens is 483 g/mol. The second-order valence-corrected chi connectivity index (χ2v) is 7.98. The molecule has 0 spiro atoms. The van der Waals surface area contributed by atoms with Gasteiger partial charge in [0, 0.05) is 36.5 Å². The van der Waals surface area contributed by atoms with Crippen molar-refractivity contribution in [2.45, 2.75) is 25.9 Å². The standard InChI is InChI=1S/C27H24F3N5O2/c1-17(31)14-23(35-20-7-5-6-19(16-20)27(28,29)30)26(32)24(36)11-13-34-22-10-9-18(15-25(22)37-2)21-8-3-4-12-33-21/h3-10,12-13,15-16,31-32H,11,14H2,1-2H3. The van der Waals surface area contributed by atoms with Crippen molar-refractivity contribution < 1.29 is 22.7 Å². The minimum absolute atomic E-state index is 0.0602. The van der Waals surface area contributed by atoms with E-state index in [-0.39, 0.29) is 30.0 Å². The molecule has 0 atom stereocenters. The number of hydrogen-bond acceptors (Lipinski definition) is 7. The first kappa shape index (κ1) is 27.1. The van der Waals surface area contributed by atoms with Gasteiger partial charge in [0.15, 0.2) is 5.78 Å². The van der Waals surface area contributed by atoms with Crippen molar-refractivity contribution in [3.63, 3.8) is 0 Å². The van der Waals surface area contributed by atoms with E-state index in [0.717, 1.165) is 23.4 Å². The highest BCUT2D eigenvalue weighted by atomic mass is 19.4. The molecule has 7 nitrogen and oxygen atoms in total. The van der Waals surface area contributed by atoms with Crippen LogP contribution in [0.4, 0.5) is 24.5 Å². The van der Waals surface area contributed by atoms with Crippen LogP contribution in [0.15, 0.2) is 76.8 Å². The van der Waals surface area contributed by atoms with Crippen LogP contribution in [-0.4, -0.2) is 41.2 Å². The zero-order chi connectivity index (χ0) is 27.0. The molecule has 0 radical (unpaired) electrons. The summed E-state index contributed by atoms with van der Waals surface area (Å²) in [5.74, 6) is -0.173. The molecule has 0 saturated heterocycles. The van der Waals surface area contributed by atoms with Crippen molar-refractivity contribution in [3.8, 4) is 17.0 Å². The highest BCUT2D eigenvalue weighted by molar-refractivity contribution is 6.68. The highest BCUT2D eigenvalue weighted by Crippen LogP contribution is 2.32. The fraction of sp³-hybridized carbons (Fsp3) is 0.185. The van der Waals surface area contributed by atoms with E-state index in [1.54, 1.807) is 18.3 Å². The maximum atomic E-state index is 13.0. The van der Waals surface area contributed by atoms with Gasteiger partial charge in [-0.1, -0.05) is 18.2 Å². The monoisotopic (exact) mass is 507 g/mol. The number of nitrogens with one attached hydrogen (secondary N) is 2. The van der Waals surface area contributed by atoms with Crippen LogP contribution in [0, 0.1) is 10.8 Å². The summed E-state index contributed by atoms with van der Waals surface area (Å²) in [7, 11) is 1.49. The maximum Gasteiger partial charge on any atom is 0.416 e. The largest absolute Gasteiger partial charge is 0.494 e. The second-order valence-electron chi connectivity index (χ2n) is 7.98. The number of alkyl halides is 3. The minimum atomic E-state index is -4.56. The molecular formula is C27H24F3N5O2. The number of carbonyl (C=O) groups excluding carboxylic acids is 1. The molecule has 37 heavy (non-hydrogen) atoms. The average molecular weight is 508 g/mol. The van der Waals surface area contributed by atoms with Crippen LogP contribution >= 0.6 is 0 Å². The number of methoxy groups -OCH3 is 1. The summed E-state index contributed by atoms with van der Waals surface area (Å²) in [6.45, 7) is 1.46. The van der Waals surface area contributed by atoms with Crippen LogP contribution in [0.3, 0.4) is 0 Å². The van der Waals surface area contributed by atoms with Gasteiger partial charge in [0.2, 0.25) is 0 Å². The molecule has 0 aliphatic rings. The lowest BCUT2D eigenvalue weighted by molar-refractivity contribution is -0.137. The molecule has 10 heteroatoms. The number of aromatic nitrogens is 1. The third kappa shape index (κ3) is 7.50. The number of benzene rings is 2. The fourth-order valence-electron chi connectivity index (χ4n) is 3.31. The number of ether oxygens (including phenoxy) is 1. The molecule has 0 saturated carbocycles. The molecule has 3 rings (SSSR count). The SMILES string of the molecule is COc1cc(-c2ccccn2)ccc1N=CCC(=O)C(=N)C(CC(C)=N)=Nc1cccc(C(F)(F)F)c1. The van der Waals surface area contributed by atoms with Gasteiger partial charge >= 0.3 is 6.18 Å². The zero-order valence-electron chi connectivity index (χ0n) is 20.1. The molecule has 3 aromatic rings. The predicted molar refractivity (Wildman–Crippen MR) is 138 cm³/mol. The maximum absolute atomic E-state index is 13.0. The number of hydrogen-bond donors (Lipinski definition) is 2. The van der Waals surface area contributed by atoms with Gasteiger partial charge in [-0.15, -0.1) is 0 Å². The van der Waals surface area contributed by atoms with E-state index in [9.17, 15) is 18.0 Å². The van der Waals surface area contributed by atoms with Crippen molar-refractivity contribution in [1.29, 1.82) is 10.8 Å². The quantitative estimate of drug-likeness (QED) is 0.299. The molecule has 0 unspecified atom stereocenters. The summed E-state index contributed by atoms with van der Waals surface area (Å²) >= 11 is 0. The lowest BCUT2D eigenvalue weighted by Crippen LogP contribution is -2.25. The number of nitrogens with zero attached hydrogens (tertiary/aromatic N) is 3. The smallest absolute Gasteiger partial charge is 0.416 e. The minimum Gasteiger partial charge on any atom is -0.494 e. The highest BCUT2D eigenvalue weighted by Gasteiger charge is 2.30. The number of ketones is 1. The Morgan fingerprint density at radius 2 is 1.86 bits per heavy atom. The number of aliphatic imine (C=N–C) groups is 2. The van der Waals surface area contributed by atoms with Crippen LogP contribution in [0.2, 0.25) is 0 Å². The molecule has 1 heterocycles.